The topological polar surface area (TPSA) is 43.3 Å². The highest BCUT2D eigenvalue weighted by Crippen LogP contribution is 2.55. The molecule has 0 saturated carbocycles. The summed E-state index contributed by atoms with van der Waals surface area (Å²) in [6, 6.07) is 28.7. The van der Waals surface area contributed by atoms with Gasteiger partial charge in [0.1, 0.15) is 22.9 Å². The predicted octanol–water partition coefficient (Wildman–Crippen LogP) is 6.91. The van der Waals surface area contributed by atoms with Gasteiger partial charge in [0, 0.05) is 17.6 Å². The molecule has 4 aromatic carbocycles. The van der Waals surface area contributed by atoms with Gasteiger partial charge in [0.15, 0.2) is 0 Å². The second kappa shape index (κ2) is 8.59. The Kier molecular flexibility index (Phi) is 5.36. The fourth-order valence-corrected chi connectivity index (χ4v) is 5.51. The number of ether oxygens (including phenoxy) is 3. The Labute approximate surface area is 211 Å². The summed E-state index contributed by atoms with van der Waals surface area (Å²) in [5, 5.41) is 2.25. The van der Waals surface area contributed by atoms with Gasteiger partial charge in [-0.1, -0.05) is 48.5 Å². The third-order valence-electron chi connectivity index (χ3n) is 7.50. The normalized spacial score (nSPS) is 19.1. The van der Waals surface area contributed by atoms with E-state index in [0.717, 1.165) is 52.4 Å². The van der Waals surface area contributed by atoms with Gasteiger partial charge in [-0.05, 0) is 67.6 Å². The van der Waals surface area contributed by atoms with Crippen LogP contribution in [0.4, 0.5) is 11.4 Å². The molecule has 2 heterocycles. The van der Waals surface area contributed by atoms with Crippen LogP contribution in [0.5, 0.6) is 17.2 Å². The quantitative estimate of drug-likeness (QED) is 0.283. The molecule has 0 radical (unpaired) electrons. The van der Waals surface area contributed by atoms with Crippen LogP contribution in [0, 0.1) is 0 Å². The Bertz CT molecular complexity index is 1450. The molecule has 5 nitrogen and oxygen atoms in total. The lowest BCUT2D eigenvalue weighted by atomic mass is 9.77. The fraction of sp³-hybridized carbons (Fsp3) is 0.258. The van der Waals surface area contributed by atoms with Gasteiger partial charge >= 0.3 is 0 Å². The summed E-state index contributed by atoms with van der Waals surface area (Å²) >= 11 is 0. The minimum Gasteiger partial charge on any atom is -0.497 e. The molecule has 0 N–H and O–H groups in total. The van der Waals surface area contributed by atoms with Crippen molar-refractivity contribution in [3.8, 4) is 17.2 Å². The highest BCUT2D eigenvalue weighted by atomic mass is 16.5. The molecule has 0 fully saturated rings. The van der Waals surface area contributed by atoms with Crippen LogP contribution >= 0.6 is 0 Å². The van der Waals surface area contributed by atoms with Gasteiger partial charge in [-0.2, -0.15) is 0 Å². The highest BCUT2D eigenvalue weighted by Gasteiger charge is 2.59. The molecule has 4 aromatic rings. The Balaban J connectivity index is 1.37. The molecule has 6 rings (SSSR count). The van der Waals surface area contributed by atoms with Crippen molar-refractivity contribution < 1.29 is 14.2 Å². The van der Waals surface area contributed by atoms with Crippen molar-refractivity contribution in [3.05, 3.63) is 90.5 Å². The zero-order valence-electron chi connectivity index (χ0n) is 20.9. The number of rotatable bonds is 6. The Morgan fingerprint density at radius 3 is 2.53 bits per heavy atom. The number of para-hydroxylation sites is 1. The maximum Gasteiger partial charge on any atom is 0.228 e. The number of methoxy groups -OCH3 is 1. The smallest absolute Gasteiger partial charge is 0.228 e. The molecule has 1 spiro atoms. The van der Waals surface area contributed by atoms with E-state index in [2.05, 4.69) is 49.1 Å². The maximum atomic E-state index is 6.98. The summed E-state index contributed by atoms with van der Waals surface area (Å²) in [4.78, 5) is 7.39. The predicted molar refractivity (Wildman–Crippen MR) is 145 cm³/mol. The van der Waals surface area contributed by atoms with E-state index >= 15 is 0 Å². The molecular formula is C31H30N2O3. The number of nitrogens with zero attached hydrogens (tertiary/aromatic N) is 2. The summed E-state index contributed by atoms with van der Waals surface area (Å²) in [6.45, 7) is 5.82. The number of fused-ring (bicyclic) bond motifs is 4. The van der Waals surface area contributed by atoms with Crippen molar-refractivity contribution in [3.63, 3.8) is 0 Å². The molecule has 182 valence electrons. The summed E-state index contributed by atoms with van der Waals surface area (Å²) in [6.07, 6.45) is 2.84. The molecule has 0 amide bonds. The molecule has 5 heteroatoms. The average molecular weight is 479 g/mol. The minimum absolute atomic E-state index is 0.385. The van der Waals surface area contributed by atoms with Crippen LogP contribution in [-0.2, 0) is 5.41 Å². The van der Waals surface area contributed by atoms with E-state index in [4.69, 9.17) is 19.2 Å². The van der Waals surface area contributed by atoms with Crippen LogP contribution in [0.3, 0.4) is 0 Å². The first kappa shape index (κ1) is 22.5. The summed E-state index contributed by atoms with van der Waals surface area (Å²) in [5.41, 5.74) is 2.04. The zero-order valence-corrected chi connectivity index (χ0v) is 20.9. The van der Waals surface area contributed by atoms with Gasteiger partial charge in [0.25, 0.3) is 0 Å². The number of benzene rings is 4. The second-order valence-electron chi connectivity index (χ2n) is 9.86. The van der Waals surface area contributed by atoms with E-state index in [1.165, 1.54) is 5.56 Å². The van der Waals surface area contributed by atoms with E-state index < -0.39 is 5.72 Å². The van der Waals surface area contributed by atoms with Crippen molar-refractivity contribution in [1.29, 1.82) is 0 Å². The lowest BCUT2D eigenvalue weighted by Crippen LogP contribution is -2.62. The van der Waals surface area contributed by atoms with Crippen LogP contribution in [-0.4, -0.2) is 32.2 Å². The van der Waals surface area contributed by atoms with E-state index in [-0.39, 0.29) is 5.41 Å². The van der Waals surface area contributed by atoms with Gasteiger partial charge in [0.05, 0.1) is 25.3 Å². The maximum absolute atomic E-state index is 6.98. The SMILES string of the molecule is COc1ccc2c(c1)C(C)(C)C1(C=Nc3c(ccc4ccccc34)O1)N2CCCOc1ccccc1. The first-order chi connectivity index (χ1) is 17.5. The van der Waals surface area contributed by atoms with Gasteiger partial charge in [-0.15, -0.1) is 0 Å². The van der Waals surface area contributed by atoms with Crippen LogP contribution in [0.2, 0.25) is 0 Å². The standard InChI is InChI=1S/C31H30N2O3/c1-30(2)26-20-24(34-3)15-16-27(26)33(18-9-19-35-23-11-5-4-6-12-23)31(30)21-32-29-25-13-8-7-10-22(25)14-17-28(29)36-31/h4-8,10-17,20-21H,9,18-19H2,1-3H3. The van der Waals surface area contributed by atoms with Gasteiger partial charge < -0.3 is 19.1 Å². The van der Waals surface area contributed by atoms with Crippen molar-refractivity contribution in [1.82, 2.24) is 0 Å². The van der Waals surface area contributed by atoms with Crippen LogP contribution in [0.15, 0.2) is 89.9 Å². The molecular weight excluding hydrogens is 448 g/mol. The first-order valence-electron chi connectivity index (χ1n) is 12.4. The minimum atomic E-state index is -0.774. The monoisotopic (exact) mass is 478 g/mol. The van der Waals surface area contributed by atoms with E-state index in [1.54, 1.807) is 7.11 Å². The lowest BCUT2D eigenvalue weighted by molar-refractivity contribution is 0.0767. The van der Waals surface area contributed by atoms with Gasteiger partial charge in [-0.25, -0.2) is 0 Å². The summed E-state index contributed by atoms with van der Waals surface area (Å²) in [5.74, 6) is 2.52. The molecule has 36 heavy (non-hydrogen) atoms. The van der Waals surface area contributed by atoms with E-state index in [9.17, 15) is 0 Å². The molecule has 2 aliphatic heterocycles. The third-order valence-corrected chi connectivity index (χ3v) is 7.50. The summed E-state index contributed by atoms with van der Waals surface area (Å²) in [7, 11) is 1.71. The Hall–Kier alpha value is -3.99. The van der Waals surface area contributed by atoms with Crippen molar-refractivity contribution >= 4 is 28.4 Å². The van der Waals surface area contributed by atoms with Crippen molar-refractivity contribution in [2.75, 3.05) is 25.2 Å². The van der Waals surface area contributed by atoms with Gasteiger partial charge in [-0.3, -0.25) is 4.99 Å². The number of anilines is 1. The lowest BCUT2D eigenvalue weighted by Gasteiger charge is -2.46. The molecule has 0 aliphatic carbocycles. The third kappa shape index (κ3) is 3.41. The molecule has 2 aliphatic rings. The summed E-state index contributed by atoms with van der Waals surface area (Å²) < 4.78 is 18.6. The van der Waals surface area contributed by atoms with E-state index in [1.807, 2.05) is 60.8 Å². The van der Waals surface area contributed by atoms with Crippen molar-refractivity contribution in [2.24, 2.45) is 4.99 Å². The number of hydrogen-bond donors (Lipinski definition) is 0. The van der Waals surface area contributed by atoms with E-state index in [0.29, 0.717) is 6.61 Å². The van der Waals surface area contributed by atoms with Gasteiger partial charge in [0.2, 0.25) is 5.72 Å². The number of aliphatic imine (C=N–C) groups is 1. The molecule has 0 saturated heterocycles. The Morgan fingerprint density at radius 2 is 1.69 bits per heavy atom. The van der Waals surface area contributed by atoms with Crippen LogP contribution in [0.25, 0.3) is 10.8 Å². The molecule has 1 atom stereocenters. The Morgan fingerprint density at radius 1 is 0.889 bits per heavy atom. The highest BCUT2D eigenvalue weighted by molar-refractivity contribution is 5.99. The molecule has 1 unspecified atom stereocenters. The number of hydrogen-bond acceptors (Lipinski definition) is 5. The first-order valence-corrected chi connectivity index (χ1v) is 12.4. The molecule has 0 aromatic heterocycles. The second-order valence-corrected chi connectivity index (χ2v) is 9.86. The zero-order chi connectivity index (χ0) is 24.8. The largest absolute Gasteiger partial charge is 0.497 e. The van der Waals surface area contributed by atoms with Crippen molar-refractivity contribution in [2.45, 2.75) is 31.4 Å². The fourth-order valence-electron chi connectivity index (χ4n) is 5.51. The van der Waals surface area contributed by atoms with Crippen LogP contribution in [0.1, 0.15) is 25.8 Å². The molecule has 0 bridgehead atoms. The van der Waals surface area contributed by atoms with Crippen LogP contribution < -0.4 is 19.1 Å². The average Bonchev–Trinajstić information content (AvgIpc) is 3.09.